The van der Waals surface area contributed by atoms with Gasteiger partial charge in [-0.15, -0.1) is 0 Å². The number of rotatable bonds is 4. The highest BCUT2D eigenvalue weighted by molar-refractivity contribution is 5.74. The Kier molecular flexibility index (Phi) is 3.90. The molecule has 4 nitrogen and oxygen atoms in total. The van der Waals surface area contributed by atoms with Crippen molar-refractivity contribution in [2.45, 2.75) is 12.2 Å². The summed E-state index contributed by atoms with van der Waals surface area (Å²) in [6.07, 6.45) is -2.10. The highest BCUT2D eigenvalue weighted by Gasteiger charge is 2.20. The van der Waals surface area contributed by atoms with Crippen LogP contribution in [0, 0.1) is 5.82 Å². The zero-order chi connectivity index (χ0) is 11.4. The molecule has 2 atom stereocenters. The van der Waals surface area contributed by atoms with E-state index in [0.717, 1.165) is 6.07 Å². The van der Waals surface area contributed by atoms with E-state index in [4.69, 9.17) is 5.73 Å². The van der Waals surface area contributed by atoms with Crippen molar-refractivity contribution in [2.75, 3.05) is 6.54 Å². The highest BCUT2D eigenvalue weighted by atomic mass is 19.1. The molecule has 0 heterocycles. The van der Waals surface area contributed by atoms with Crippen molar-refractivity contribution in [3.05, 3.63) is 35.1 Å². The molecular weight excluding hydrogens is 201 g/mol. The van der Waals surface area contributed by atoms with Gasteiger partial charge in [0.15, 0.2) is 0 Å². The van der Waals surface area contributed by atoms with E-state index < -0.39 is 18.0 Å². The van der Waals surface area contributed by atoms with E-state index in [1.807, 2.05) is 0 Å². The third kappa shape index (κ3) is 2.59. The van der Waals surface area contributed by atoms with Crippen molar-refractivity contribution in [3.8, 4) is 0 Å². The molecule has 0 spiro atoms. The molecular formula is C10H12FNO3. The van der Waals surface area contributed by atoms with Crippen LogP contribution in [0.3, 0.4) is 0 Å². The van der Waals surface area contributed by atoms with Crippen molar-refractivity contribution in [1.82, 2.24) is 0 Å². The Morgan fingerprint density at radius 2 is 2.13 bits per heavy atom. The third-order valence-corrected chi connectivity index (χ3v) is 2.09. The maximum Gasteiger partial charge on any atom is 0.150 e. The number of halogens is 1. The van der Waals surface area contributed by atoms with Crippen LogP contribution in [0.1, 0.15) is 22.0 Å². The summed E-state index contributed by atoms with van der Waals surface area (Å²) in [6, 6.07) is 3.61. The maximum atomic E-state index is 13.3. The van der Waals surface area contributed by atoms with E-state index in [1.54, 1.807) is 0 Å². The molecule has 0 aliphatic heterocycles. The summed E-state index contributed by atoms with van der Waals surface area (Å²) < 4.78 is 13.3. The average molecular weight is 213 g/mol. The van der Waals surface area contributed by atoms with Crippen molar-refractivity contribution >= 4 is 6.29 Å². The van der Waals surface area contributed by atoms with Gasteiger partial charge in [-0.25, -0.2) is 4.39 Å². The van der Waals surface area contributed by atoms with Gasteiger partial charge in [0.2, 0.25) is 0 Å². The topological polar surface area (TPSA) is 83.6 Å². The summed E-state index contributed by atoms with van der Waals surface area (Å²) in [4.78, 5) is 10.3. The lowest BCUT2D eigenvalue weighted by Gasteiger charge is -2.16. The smallest absolute Gasteiger partial charge is 0.150 e. The molecule has 0 radical (unpaired) electrons. The van der Waals surface area contributed by atoms with Gasteiger partial charge in [0.25, 0.3) is 0 Å². The van der Waals surface area contributed by atoms with Crippen molar-refractivity contribution < 1.29 is 19.4 Å². The second kappa shape index (κ2) is 4.97. The summed E-state index contributed by atoms with van der Waals surface area (Å²) in [6.45, 7) is -0.171. The van der Waals surface area contributed by atoms with Gasteiger partial charge in [0.05, 0.1) is 6.10 Å². The van der Waals surface area contributed by atoms with E-state index in [-0.39, 0.29) is 17.7 Å². The quantitative estimate of drug-likeness (QED) is 0.614. The van der Waals surface area contributed by atoms with E-state index in [9.17, 15) is 19.4 Å². The summed E-state index contributed by atoms with van der Waals surface area (Å²) in [5, 5.41) is 18.7. The predicted octanol–water partition coefficient (Wildman–Crippen LogP) is -0.00880. The molecule has 0 amide bonds. The summed E-state index contributed by atoms with van der Waals surface area (Å²) in [7, 11) is 0. The molecule has 0 fully saturated rings. The zero-order valence-corrected chi connectivity index (χ0v) is 7.93. The average Bonchev–Trinajstić information content (AvgIpc) is 2.26. The molecule has 4 N–H and O–H groups in total. The highest BCUT2D eigenvalue weighted by Crippen LogP contribution is 2.20. The second-order valence-corrected chi connectivity index (χ2v) is 3.15. The number of carbonyl (C=O) groups excluding carboxylic acids is 1. The lowest BCUT2D eigenvalue weighted by Crippen LogP contribution is -2.27. The molecule has 82 valence electrons. The molecule has 0 aliphatic rings. The minimum Gasteiger partial charge on any atom is -0.389 e. The Bertz CT molecular complexity index is 357. The van der Waals surface area contributed by atoms with Crippen LogP contribution in [-0.4, -0.2) is 29.1 Å². The Morgan fingerprint density at radius 3 is 2.60 bits per heavy atom. The van der Waals surface area contributed by atoms with Gasteiger partial charge in [0.1, 0.15) is 18.2 Å². The molecule has 5 heteroatoms. The van der Waals surface area contributed by atoms with Crippen LogP contribution in [0.4, 0.5) is 4.39 Å². The van der Waals surface area contributed by atoms with Gasteiger partial charge in [-0.3, -0.25) is 4.79 Å². The van der Waals surface area contributed by atoms with Crippen LogP contribution in [0.25, 0.3) is 0 Å². The fourth-order valence-corrected chi connectivity index (χ4v) is 1.19. The first-order chi connectivity index (χ1) is 7.10. The third-order valence-electron chi connectivity index (χ3n) is 2.09. The van der Waals surface area contributed by atoms with Gasteiger partial charge < -0.3 is 15.9 Å². The molecule has 1 aromatic carbocycles. The second-order valence-electron chi connectivity index (χ2n) is 3.15. The molecule has 0 aromatic heterocycles. The van der Waals surface area contributed by atoms with Crippen LogP contribution in [0.15, 0.2) is 18.2 Å². The largest absolute Gasteiger partial charge is 0.389 e. The number of benzene rings is 1. The Hall–Kier alpha value is -1.30. The summed E-state index contributed by atoms with van der Waals surface area (Å²) >= 11 is 0. The first-order valence-electron chi connectivity index (χ1n) is 4.41. The predicted molar refractivity (Wildman–Crippen MR) is 51.8 cm³/mol. The first-order valence-corrected chi connectivity index (χ1v) is 4.41. The van der Waals surface area contributed by atoms with E-state index in [0.29, 0.717) is 6.29 Å². The first kappa shape index (κ1) is 11.8. The number of hydrogen-bond acceptors (Lipinski definition) is 4. The van der Waals surface area contributed by atoms with Crippen LogP contribution in [0.2, 0.25) is 0 Å². The van der Waals surface area contributed by atoms with Gasteiger partial charge in [-0.1, -0.05) is 12.1 Å². The number of aliphatic hydroxyl groups excluding tert-OH is 2. The van der Waals surface area contributed by atoms with Crippen LogP contribution in [-0.2, 0) is 0 Å². The molecule has 2 unspecified atom stereocenters. The Balaban J connectivity index is 2.99. The lowest BCUT2D eigenvalue weighted by atomic mass is 10.0. The number of hydrogen-bond donors (Lipinski definition) is 3. The van der Waals surface area contributed by atoms with Gasteiger partial charge in [-0.05, 0) is 6.07 Å². The summed E-state index contributed by atoms with van der Waals surface area (Å²) in [5.74, 6) is -0.736. The Morgan fingerprint density at radius 1 is 1.47 bits per heavy atom. The van der Waals surface area contributed by atoms with Crippen LogP contribution < -0.4 is 5.73 Å². The monoisotopic (exact) mass is 213 g/mol. The van der Waals surface area contributed by atoms with Gasteiger partial charge in [-0.2, -0.15) is 0 Å². The molecule has 0 bridgehead atoms. The number of aliphatic hydroxyl groups is 2. The zero-order valence-electron chi connectivity index (χ0n) is 7.93. The molecule has 0 aliphatic carbocycles. The van der Waals surface area contributed by atoms with Crippen LogP contribution >= 0.6 is 0 Å². The normalized spacial score (nSPS) is 14.7. The van der Waals surface area contributed by atoms with E-state index >= 15 is 0 Å². The minimum atomic E-state index is -1.38. The fourth-order valence-electron chi connectivity index (χ4n) is 1.19. The van der Waals surface area contributed by atoms with Gasteiger partial charge >= 0.3 is 0 Å². The van der Waals surface area contributed by atoms with Crippen LogP contribution in [0.5, 0.6) is 0 Å². The number of nitrogens with two attached hydrogens (primary N) is 1. The molecule has 15 heavy (non-hydrogen) atoms. The maximum absolute atomic E-state index is 13.3. The van der Waals surface area contributed by atoms with E-state index in [1.165, 1.54) is 12.1 Å². The molecule has 0 saturated carbocycles. The number of aldehydes is 1. The molecule has 0 saturated heterocycles. The summed E-state index contributed by atoms with van der Waals surface area (Å²) in [5.41, 5.74) is 5.23. The van der Waals surface area contributed by atoms with Crippen molar-refractivity contribution in [3.63, 3.8) is 0 Å². The van der Waals surface area contributed by atoms with Crippen molar-refractivity contribution in [2.24, 2.45) is 5.73 Å². The fraction of sp³-hybridized carbons (Fsp3) is 0.300. The van der Waals surface area contributed by atoms with Gasteiger partial charge in [0, 0.05) is 17.7 Å². The molecule has 1 rings (SSSR count). The SMILES string of the molecule is NCC(O)C(O)c1ccc(C=O)cc1F. The van der Waals surface area contributed by atoms with Crippen molar-refractivity contribution in [1.29, 1.82) is 0 Å². The standard InChI is InChI=1S/C10H12FNO3/c11-8-3-6(5-13)1-2-7(8)10(15)9(14)4-12/h1-3,5,9-10,14-15H,4,12H2. The minimum absolute atomic E-state index is 0.0708. The van der Waals surface area contributed by atoms with E-state index in [2.05, 4.69) is 0 Å². The lowest BCUT2D eigenvalue weighted by molar-refractivity contribution is 0.0222. The molecule has 1 aromatic rings. The Labute approximate surface area is 86.1 Å². The number of carbonyl (C=O) groups is 1.